The van der Waals surface area contributed by atoms with E-state index in [0.717, 1.165) is 37.6 Å². The number of piperazine rings is 1. The molecule has 2 heterocycles. The van der Waals surface area contributed by atoms with E-state index in [4.69, 9.17) is 0 Å². The fourth-order valence-corrected chi connectivity index (χ4v) is 1.56. The number of rotatable bonds is 1. The van der Waals surface area contributed by atoms with Gasteiger partial charge in [0.05, 0.1) is 17.6 Å². The molecule has 1 N–H and O–H groups in total. The van der Waals surface area contributed by atoms with E-state index in [-0.39, 0.29) is 0 Å². The number of hydrogen-bond acceptors (Lipinski definition) is 4. The summed E-state index contributed by atoms with van der Waals surface area (Å²) in [6.45, 7) is 6.15. The summed E-state index contributed by atoms with van der Waals surface area (Å²) in [5.74, 6) is 0. The van der Waals surface area contributed by atoms with E-state index in [1.807, 2.05) is 13.1 Å². The Balaban J connectivity index is 2.18. The Hall–Kier alpha value is -1.16. The lowest BCUT2D eigenvalue weighted by Crippen LogP contribution is -2.43. The maximum atomic E-state index is 4.06. The molecule has 69 valence electrons. The highest BCUT2D eigenvalue weighted by Crippen LogP contribution is 2.15. The number of anilines is 1. The van der Waals surface area contributed by atoms with E-state index in [1.54, 1.807) is 0 Å². The molecule has 0 atom stereocenters. The average molecular weight is 177 g/mol. The van der Waals surface area contributed by atoms with Crippen LogP contribution in [0, 0.1) is 13.3 Å². The molecule has 13 heavy (non-hydrogen) atoms. The zero-order chi connectivity index (χ0) is 9.10. The monoisotopic (exact) mass is 177 g/mol. The van der Waals surface area contributed by atoms with Gasteiger partial charge in [0.1, 0.15) is 0 Å². The van der Waals surface area contributed by atoms with Crippen LogP contribution in [0.25, 0.3) is 0 Å². The van der Waals surface area contributed by atoms with E-state index in [1.165, 1.54) is 0 Å². The van der Waals surface area contributed by atoms with Gasteiger partial charge in [-0.25, -0.2) is 9.97 Å². The number of aryl methyl sites for hydroxylation is 1. The molecule has 4 heteroatoms. The summed E-state index contributed by atoms with van der Waals surface area (Å²) < 4.78 is 0. The molecule has 1 aromatic rings. The lowest BCUT2D eigenvalue weighted by Gasteiger charge is -2.29. The number of hydrogen-bond donors (Lipinski definition) is 1. The van der Waals surface area contributed by atoms with Crippen molar-refractivity contribution in [2.24, 2.45) is 0 Å². The number of aromatic nitrogens is 2. The van der Waals surface area contributed by atoms with E-state index in [9.17, 15) is 0 Å². The molecule has 0 unspecified atom stereocenters. The van der Waals surface area contributed by atoms with Crippen LogP contribution in [0.1, 0.15) is 5.69 Å². The van der Waals surface area contributed by atoms with Gasteiger partial charge in [-0.05, 0) is 6.92 Å². The van der Waals surface area contributed by atoms with Gasteiger partial charge < -0.3 is 10.2 Å². The largest absolute Gasteiger partial charge is 0.366 e. The van der Waals surface area contributed by atoms with Crippen molar-refractivity contribution in [1.29, 1.82) is 0 Å². The second kappa shape index (κ2) is 3.70. The first-order valence-corrected chi connectivity index (χ1v) is 4.53. The Bertz CT molecular complexity index is 281. The lowest BCUT2D eigenvalue weighted by molar-refractivity contribution is 0.587. The minimum absolute atomic E-state index is 1.01. The van der Waals surface area contributed by atoms with Gasteiger partial charge in [-0.15, -0.1) is 0 Å². The van der Waals surface area contributed by atoms with Crippen molar-refractivity contribution in [2.75, 3.05) is 31.1 Å². The van der Waals surface area contributed by atoms with Crippen LogP contribution in [-0.4, -0.2) is 36.1 Å². The molecular formula is C9H13N4. The molecule has 1 fully saturated rings. The SMILES string of the molecule is Cc1n[c]ncc1N1CCNCC1. The molecule has 4 nitrogen and oxygen atoms in total. The van der Waals surface area contributed by atoms with Crippen molar-refractivity contribution in [3.05, 3.63) is 18.2 Å². The predicted octanol–water partition coefficient (Wildman–Crippen LogP) is -0.00519. The van der Waals surface area contributed by atoms with Gasteiger partial charge in [-0.3, -0.25) is 0 Å². The van der Waals surface area contributed by atoms with E-state index < -0.39 is 0 Å². The first-order valence-electron chi connectivity index (χ1n) is 4.53. The van der Waals surface area contributed by atoms with Crippen LogP contribution < -0.4 is 10.2 Å². The lowest BCUT2D eigenvalue weighted by atomic mass is 10.3. The Morgan fingerprint density at radius 2 is 2.23 bits per heavy atom. The zero-order valence-electron chi connectivity index (χ0n) is 7.75. The zero-order valence-corrected chi connectivity index (χ0v) is 7.75. The van der Waals surface area contributed by atoms with Gasteiger partial charge in [0.25, 0.3) is 0 Å². The Morgan fingerprint density at radius 3 is 2.92 bits per heavy atom. The minimum atomic E-state index is 1.01. The second-order valence-electron chi connectivity index (χ2n) is 3.18. The smallest absolute Gasteiger partial charge is 0.198 e. The molecule has 2 rings (SSSR count). The van der Waals surface area contributed by atoms with Crippen molar-refractivity contribution in [3.8, 4) is 0 Å². The fraction of sp³-hybridized carbons (Fsp3) is 0.556. The van der Waals surface area contributed by atoms with Crippen molar-refractivity contribution >= 4 is 5.69 Å². The quantitative estimate of drug-likeness (QED) is 0.655. The van der Waals surface area contributed by atoms with Crippen molar-refractivity contribution in [3.63, 3.8) is 0 Å². The van der Waals surface area contributed by atoms with Crippen molar-refractivity contribution in [2.45, 2.75) is 6.92 Å². The van der Waals surface area contributed by atoms with Crippen LogP contribution in [0.3, 0.4) is 0 Å². The third-order valence-electron chi connectivity index (χ3n) is 2.29. The van der Waals surface area contributed by atoms with Crippen LogP contribution in [0.15, 0.2) is 6.20 Å². The molecule has 0 aliphatic carbocycles. The summed E-state index contributed by atoms with van der Waals surface area (Å²) in [5, 5.41) is 3.31. The molecule has 0 saturated carbocycles. The number of nitrogens with zero attached hydrogens (tertiary/aromatic N) is 3. The summed E-state index contributed by atoms with van der Waals surface area (Å²) in [5.41, 5.74) is 2.15. The summed E-state index contributed by atoms with van der Waals surface area (Å²) in [4.78, 5) is 10.3. The molecule has 0 bridgehead atoms. The summed E-state index contributed by atoms with van der Waals surface area (Å²) in [7, 11) is 0. The van der Waals surface area contributed by atoms with Gasteiger partial charge in [0.2, 0.25) is 0 Å². The summed E-state index contributed by atoms with van der Waals surface area (Å²) >= 11 is 0. The van der Waals surface area contributed by atoms with Crippen molar-refractivity contribution < 1.29 is 0 Å². The molecule has 1 aromatic heterocycles. The van der Waals surface area contributed by atoms with Gasteiger partial charge in [-0.2, -0.15) is 0 Å². The van der Waals surface area contributed by atoms with E-state index in [2.05, 4.69) is 26.5 Å². The predicted molar refractivity (Wildman–Crippen MR) is 50.7 cm³/mol. The highest BCUT2D eigenvalue weighted by Gasteiger charge is 2.12. The minimum Gasteiger partial charge on any atom is -0.366 e. The Labute approximate surface area is 78.0 Å². The summed E-state index contributed by atoms with van der Waals surface area (Å²) in [6, 6.07) is 0. The maximum Gasteiger partial charge on any atom is 0.198 e. The Kier molecular flexibility index (Phi) is 2.40. The topological polar surface area (TPSA) is 41.1 Å². The van der Waals surface area contributed by atoms with Gasteiger partial charge >= 0.3 is 0 Å². The molecule has 1 saturated heterocycles. The first-order chi connectivity index (χ1) is 6.38. The van der Waals surface area contributed by atoms with Crippen LogP contribution >= 0.6 is 0 Å². The molecule has 0 spiro atoms. The second-order valence-corrected chi connectivity index (χ2v) is 3.18. The molecule has 1 radical (unpaired) electrons. The third-order valence-corrected chi connectivity index (χ3v) is 2.29. The van der Waals surface area contributed by atoms with Crippen molar-refractivity contribution in [1.82, 2.24) is 15.3 Å². The molecule has 1 aliphatic rings. The highest BCUT2D eigenvalue weighted by atomic mass is 15.2. The third kappa shape index (κ3) is 1.78. The van der Waals surface area contributed by atoms with E-state index in [0.29, 0.717) is 0 Å². The van der Waals surface area contributed by atoms with E-state index >= 15 is 0 Å². The van der Waals surface area contributed by atoms with Gasteiger partial charge in [0.15, 0.2) is 6.33 Å². The molecule has 0 amide bonds. The fourth-order valence-electron chi connectivity index (χ4n) is 1.56. The summed E-state index contributed by atoms with van der Waals surface area (Å²) in [6.07, 6.45) is 4.44. The standard InChI is InChI=1S/C9H13N4/c1-8-9(6-11-7-12-8)13-4-2-10-3-5-13/h6,10H,2-5H2,1H3. The van der Waals surface area contributed by atoms with Gasteiger partial charge in [0, 0.05) is 26.2 Å². The molecule has 0 aromatic carbocycles. The highest BCUT2D eigenvalue weighted by molar-refractivity contribution is 5.48. The van der Waals surface area contributed by atoms with Crippen LogP contribution in [0.4, 0.5) is 5.69 Å². The Morgan fingerprint density at radius 1 is 1.46 bits per heavy atom. The normalized spacial score (nSPS) is 17.5. The average Bonchev–Trinajstić information content (AvgIpc) is 2.20. The molecule has 1 aliphatic heterocycles. The number of nitrogens with one attached hydrogen (secondary N) is 1. The molecular weight excluding hydrogens is 164 g/mol. The van der Waals surface area contributed by atoms with Crippen LogP contribution in [0.5, 0.6) is 0 Å². The van der Waals surface area contributed by atoms with Crippen LogP contribution in [-0.2, 0) is 0 Å². The van der Waals surface area contributed by atoms with Gasteiger partial charge in [-0.1, -0.05) is 0 Å². The maximum absolute atomic E-state index is 4.06. The van der Waals surface area contributed by atoms with Crippen LogP contribution in [0.2, 0.25) is 0 Å². The first kappa shape index (κ1) is 8.44.